The summed E-state index contributed by atoms with van der Waals surface area (Å²) in [4.78, 5) is 29.4. The summed E-state index contributed by atoms with van der Waals surface area (Å²) in [5, 5.41) is 15.0. The van der Waals surface area contributed by atoms with Crippen molar-refractivity contribution in [3.8, 4) is 0 Å². The number of benzene rings is 2. The molecule has 2 aromatic carbocycles. The number of nitrogens with zero attached hydrogens (tertiary/aromatic N) is 2. The van der Waals surface area contributed by atoms with Crippen LogP contribution in [-0.4, -0.2) is 52.3 Å². The first-order valence-electron chi connectivity index (χ1n) is 9.68. The van der Waals surface area contributed by atoms with Crippen molar-refractivity contribution in [2.24, 2.45) is 0 Å². The van der Waals surface area contributed by atoms with E-state index < -0.39 is 11.4 Å². The Morgan fingerprint density at radius 2 is 1.94 bits per heavy atom. The monoisotopic (exact) mass is 428 g/mol. The number of ether oxygens (including phenoxy) is 1. The van der Waals surface area contributed by atoms with Gasteiger partial charge in [0, 0.05) is 19.3 Å². The lowest BCUT2D eigenvalue weighted by atomic mass is 10.0. The second-order valence-electron chi connectivity index (χ2n) is 7.87. The van der Waals surface area contributed by atoms with Gasteiger partial charge in [-0.15, -0.1) is 0 Å². The van der Waals surface area contributed by atoms with Crippen molar-refractivity contribution in [3.05, 3.63) is 59.7 Å². The van der Waals surface area contributed by atoms with E-state index in [0.717, 1.165) is 5.56 Å². The average Bonchev–Trinajstić information content (AvgIpc) is 3.11. The minimum absolute atomic E-state index is 0.129. The normalized spacial score (nSPS) is 11.5. The number of halogens is 1. The van der Waals surface area contributed by atoms with Crippen LogP contribution >= 0.6 is 0 Å². The molecule has 0 aliphatic rings. The summed E-state index contributed by atoms with van der Waals surface area (Å²) in [7, 11) is 1.41. The summed E-state index contributed by atoms with van der Waals surface area (Å²) in [5.41, 5.74) is 1.73. The van der Waals surface area contributed by atoms with E-state index in [9.17, 15) is 19.1 Å². The van der Waals surface area contributed by atoms with Crippen LogP contribution < -0.4 is 10.6 Å². The molecule has 0 saturated carbocycles. The van der Waals surface area contributed by atoms with Gasteiger partial charge in [0.2, 0.25) is 5.91 Å². The Labute approximate surface area is 179 Å². The van der Waals surface area contributed by atoms with Gasteiger partial charge in [0.25, 0.3) is 5.91 Å². The third-order valence-electron chi connectivity index (χ3n) is 4.63. The summed E-state index contributed by atoms with van der Waals surface area (Å²) < 4.78 is 19.9. The first-order valence-corrected chi connectivity index (χ1v) is 9.68. The molecule has 164 valence electrons. The van der Waals surface area contributed by atoms with Gasteiger partial charge in [0.05, 0.1) is 35.1 Å². The molecule has 0 atom stereocenters. The zero-order chi connectivity index (χ0) is 22.6. The average molecular weight is 428 g/mol. The summed E-state index contributed by atoms with van der Waals surface area (Å²) in [6.45, 7) is 3.39. The molecule has 1 aromatic heterocycles. The second kappa shape index (κ2) is 9.23. The number of rotatable bonds is 8. The maximum Gasteiger partial charge on any atom is 0.254 e. The first-order chi connectivity index (χ1) is 14.7. The lowest BCUT2D eigenvalue weighted by Gasteiger charge is -2.24. The fourth-order valence-corrected chi connectivity index (χ4v) is 3.10. The molecule has 0 saturated heterocycles. The van der Waals surface area contributed by atoms with E-state index >= 15 is 0 Å². The number of anilines is 1. The number of aromatic nitrogens is 2. The highest BCUT2D eigenvalue weighted by Crippen LogP contribution is 2.25. The van der Waals surface area contributed by atoms with Gasteiger partial charge in [-0.1, -0.05) is 12.1 Å². The molecule has 2 amide bonds. The third-order valence-corrected chi connectivity index (χ3v) is 4.63. The predicted molar refractivity (Wildman–Crippen MR) is 114 cm³/mol. The van der Waals surface area contributed by atoms with E-state index in [2.05, 4.69) is 15.6 Å². The quantitative estimate of drug-likeness (QED) is 0.511. The van der Waals surface area contributed by atoms with Crippen molar-refractivity contribution in [1.29, 1.82) is 0 Å². The molecule has 0 fully saturated rings. The molecular weight excluding hydrogens is 403 g/mol. The number of methoxy groups -OCH3 is 1. The fourth-order valence-electron chi connectivity index (χ4n) is 3.10. The molecule has 0 radical (unpaired) electrons. The van der Waals surface area contributed by atoms with E-state index in [-0.39, 0.29) is 30.5 Å². The Hall–Kier alpha value is -3.30. The molecule has 0 bridgehead atoms. The van der Waals surface area contributed by atoms with Crippen LogP contribution in [0.2, 0.25) is 0 Å². The number of aliphatic hydroxyl groups excluding tert-OH is 1. The van der Waals surface area contributed by atoms with Crippen molar-refractivity contribution in [3.63, 3.8) is 0 Å². The zero-order valence-electron chi connectivity index (χ0n) is 17.6. The molecule has 3 aromatic rings. The maximum atomic E-state index is 13.2. The summed E-state index contributed by atoms with van der Waals surface area (Å²) in [6.07, 6.45) is 1.59. The van der Waals surface area contributed by atoms with Crippen molar-refractivity contribution >= 4 is 28.5 Å². The number of aliphatic hydroxyl groups is 1. The van der Waals surface area contributed by atoms with Gasteiger partial charge < -0.3 is 25.0 Å². The lowest BCUT2D eigenvalue weighted by molar-refractivity contribution is -0.119. The SMILES string of the molecule is COCC(=O)Nc1cc(C(=O)NC(C)(C)CO)c2c(c1)ncn2Cc1ccc(F)cc1. The van der Waals surface area contributed by atoms with Gasteiger partial charge in [-0.05, 0) is 43.7 Å². The van der Waals surface area contributed by atoms with E-state index in [1.165, 1.54) is 19.2 Å². The van der Waals surface area contributed by atoms with Crippen LogP contribution in [0.5, 0.6) is 0 Å². The molecule has 3 rings (SSSR count). The number of hydrogen-bond donors (Lipinski definition) is 3. The van der Waals surface area contributed by atoms with Crippen LogP contribution in [0.25, 0.3) is 11.0 Å². The van der Waals surface area contributed by atoms with Crippen LogP contribution in [0, 0.1) is 5.82 Å². The number of carbonyl (C=O) groups excluding carboxylic acids is 2. The van der Waals surface area contributed by atoms with Crippen molar-refractivity contribution in [1.82, 2.24) is 14.9 Å². The number of hydrogen-bond acceptors (Lipinski definition) is 5. The Kier molecular flexibility index (Phi) is 6.67. The predicted octanol–water partition coefficient (Wildman–Crippen LogP) is 2.31. The molecule has 0 aliphatic carbocycles. The standard InChI is InChI=1S/C22H25FN4O4/c1-22(2,12-28)26-21(30)17-8-16(25-19(29)11-31-3)9-18-20(17)27(13-24-18)10-14-4-6-15(23)7-5-14/h4-9,13,28H,10-12H2,1-3H3,(H,25,29)(H,26,30). The zero-order valence-corrected chi connectivity index (χ0v) is 17.6. The van der Waals surface area contributed by atoms with Gasteiger partial charge in [-0.3, -0.25) is 9.59 Å². The molecule has 0 aliphatic heterocycles. The van der Waals surface area contributed by atoms with E-state index in [0.29, 0.717) is 23.3 Å². The minimum atomic E-state index is -0.847. The Morgan fingerprint density at radius 1 is 1.23 bits per heavy atom. The van der Waals surface area contributed by atoms with Crippen molar-refractivity contribution in [2.75, 3.05) is 25.6 Å². The van der Waals surface area contributed by atoms with Crippen LogP contribution in [0.4, 0.5) is 10.1 Å². The Balaban J connectivity index is 2.05. The van der Waals surface area contributed by atoms with Crippen LogP contribution in [0.1, 0.15) is 29.8 Å². The highest BCUT2D eigenvalue weighted by atomic mass is 19.1. The van der Waals surface area contributed by atoms with Crippen molar-refractivity contribution in [2.45, 2.75) is 25.9 Å². The molecule has 9 heteroatoms. The number of nitrogens with one attached hydrogen (secondary N) is 2. The Bertz CT molecular complexity index is 1090. The van der Waals surface area contributed by atoms with Crippen LogP contribution in [0.15, 0.2) is 42.7 Å². The lowest BCUT2D eigenvalue weighted by Crippen LogP contribution is -2.46. The number of fused-ring (bicyclic) bond motifs is 1. The van der Waals surface area contributed by atoms with Gasteiger partial charge in [0.15, 0.2) is 0 Å². The molecule has 0 unspecified atom stereocenters. The van der Waals surface area contributed by atoms with Crippen molar-refractivity contribution < 1.29 is 23.8 Å². The topological polar surface area (TPSA) is 105 Å². The largest absolute Gasteiger partial charge is 0.394 e. The summed E-state index contributed by atoms with van der Waals surface area (Å²) in [5.74, 6) is -1.12. The molecular formula is C22H25FN4O4. The van der Waals surface area contributed by atoms with E-state index in [1.54, 1.807) is 49.0 Å². The second-order valence-corrected chi connectivity index (χ2v) is 7.87. The first kappa shape index (κ1) is 22.4. The van der Waals surface area contributed by atoms with Gasteiger partial charge in [-0.2, -0.15) is 0 Å². The molecule has 3 N–H and O–H groups in total. The van der Waals surface area contributed by atoms with Gasteiger partial charge >= 0.3 is 0 Å². The van der Waals surface area contributed by atoms with E-state index in [4.69, 9.17) is 4.74 Å². The number of carbonyl (C=O) groups is 2. The molecule has 31 heavy (non-hydrogen) atoms. The summed E-state index contributed by atoms with van der Waals surface area (Å²) >= 11 is 0. The smallest absolute Gasteiger partial charge is 0.254 e. The fraction of sp³-hybridized carbons (Fsp3) is 0.318. The molecule has 1 heterocycles. The molecule has 0 spiro atoms. The Morgan fingerprint density at radius 3 is 2.58 bits per heavy atom. The van der Waals surface area contributed by atoms with Crippen LogP contribution in [0.3, 0.4) is 0 Å². The third kappa shape index (κ3) is 5.44. The van der Waals surface area contributed by atoms with Gasteiger partial charge in [-0.25, -0.2) is 9.37 Å². The summed E-state index contributed by atoms with van der Waals surface area (Å²) in [6, 6.07) is 9.29. The van der Waals surface area contributed by atoms with Gasteiger partial charge in [0.1, 0.15) is 12.4 Å². The number of imidazole rings is 1. The van der Waals surface area contributed by atoms with E-state index in [1.807, 2.05) is 0 Å². The molecule has 8 nitrogen and oxygen atoms in total. The highest BCUT2D eigenvalue weighted by molar-refractivity contribution is 6.08. The maximum absolute atomic E-state index is 13.2. The highest BCUT2D eigenvalue weighted by Gasteiger charge is 2.24. The number of amides is 2. The van der Waals surface area contributed by atoms with Crippen LogP contribution in [-0.2, 0) is 16.1 Å². The minimum Gasteiger partial charge on any atom is -0.394 e.